The van der Waals surface area contributed by atoms with E-state index in [0.29, 0.717) is 18.6 Å². The number of carbonyl (C=O) groups excluding carboxylic acids is 1. The molecule has 6 nitrogen and oxygen atoms in total. The normalized spacial score (nSPS) is 11.0. The molecule has 0 spiro atoms. The zero-order valence-electron chi connectivity index (χ0n) is 15.9. The average Bonchev–Trinajstić information content (AvgIpc) is 3.04. The van der Waals surface area contributed by atoms with Crippen molar-refractivity contribution in [3.05, 3.63) is 42.6 Å². The summed E-state index contributed by atoms with van der Waals surface area (Å²) in [7, 11) is 0. The van der Waals surface area contributed by atoms with Gasteiger partial charge in [0.05, 0.1) is 0 Å². The number of nitrogens with zero attached hydrogens (tertiary/aromatic N) is 1. The lowest BCUT2D eigenvalue weighted by Gasteiger charge is -2.17. The van der Waals surface area contributed by atoms with Gasteiger partial charge in [0.1, 0.15) is 5.75 Å². The molecule has 0 aliphatic carbocycles. The van der Waals surface area contributed by atoms with Gasteiger partial charge < -0.3 is 14.8 Å². The van der Waals surface area contributed by atoms with E-state index in [1.807, 2.05) is 24.4 Å². The van der Waals surface area contributed by atoms with Crippen LogP contribution in [0, 0.1) is 0 Å². The minimum absolute atomic E-state index is 0.0761. The summed E-state index contributed by atoms with van der Waals surface area (Å²) in [6.45, 7) is 8.76. The van der Waals surface area contributed by atoms with E-state index < -0.39 is 5.97 Å². The minimum Gasteiger partial charge on any atom is -0.481 e. The Labute approximate surface area is 159 Å². The summed E-state index contributed by atoms with van der Waals surface area (Å²) in [6.07, 6.45) is 6.14. The van der Waals surface area contributed by atoms with Gasteiger partial charge in [0, 0.05) is 49.1 Å². The fraction of sp³-hybridized carbons (Fsp3) is 0.429. The van der Waals surface area contributed by atoms with Gasteiger partial charge in [0.25, 0.3) is 0 Å². The molecular weight excluding hydrogens is 344 g/mol. The number of benzene rings is 1. The van der Waals surface area contributed by atoms with Crippen LogP contribution in [0.4, 0.5) is 0 Å². The molecule has 0 unspecified atom stereocenters. The first-order chi connectivity index (χ1) is 13.0. The van der Waals surface area contributed by atoms with Crippen molar-refractivity contribution in [2.75, 3.05) is 19.6 Å². The lowest BCUT2D eigenvalue weighted by molar-refractivity contribution is -0.138. The lowest BCUT2D eigenvalue weighted by Crippen LogP contribution is -2.25. The first-order valence-corrected chi connectivity index (χ1v) is 9.39. The number of carboxylic acid groups (broad SMARTS) is 1. The maximum Gasteiger partial charge on any atom is 0.311 e. The van der Waals surface area contributed by atoms with E-state index in [-0.39, 0.29) is 18.8 Å². The Morgan fingerprint density at radius 1 is 1.30 bits per heavy atom. The van der Waals surface area contributed by atoms with E-state index in [4.69, 9.17) is 9.84 Å². The van der Waals surface area contributed by atoms with E-state index in [1.165, 1.54) is 5.56 Å². The fourth-order valence-corrected chi connectivity index (χ4v) is 3.00. The molecule has 0 saturated carbocycles. The second-order valence-corrected chi connectivity index (χ2v) is 6.53. The summed E-state index contributed by atoms with van der Waals surface area (Å²) in [4.78, 5) is 27.9. The summed E-state index contributed by atoms with van der Waals surface area (Å²) in [5.41, 5.74) is 2.17. The van der Waals surface area contributed by atoms with Crippen LogP contribution in [0.25, 0.3) is 10.9 Å². The van der Waals surface area contributed by atoms with Crippen molar-refractivity contribution in [2.24, 2.45) is 0 Å². The molecule has 2 rings (SSSR count). The Morgan fingerprint density at radius 3 is 2.78 bits per heavy atom. The second-order valence-electron chi connectivity index (χ2n) is 6.53. The van der Waals surface area contributed by atoms with Crippen molar-refractivity contribution >= 4 is 22.8 Å². The molecule has 0 bridgehead atoms. The van der Waals surface area contributed by atoms with Crippen molar-refractivity contribution in [2.45, 2.75) is 39.0 Å². The predicted molar refractivity (Wildman–Crippen MR) is 106 cm³/mol. The number of hydrogen-bond acceptors (Lipinski definition) is 4. The van der Waals surface area contributed by atoms with E-state index in [2.05, 4.69) is 23.4 Å². The number of nitrogens with one attached hydrogen (secondary N) is 1. The van der Waals surface area contributed by atoms with Gasteiger partial charge in [-0.05, 0) is 43.5 Å². The largest absolute Gasteiger partial charge is 0.481 e. The van der Waals surface area contributed by atoms with Crippen molar-refractivity contribution < 1.29 is 19.4 Å². The van der Waals surface area contributed by atoms with Crippen molar-refractivity contribution in [3.63, 3.8) is 0 Å². The van der Waals surface area contributed by atoms with E-state index in [9.17, 15) is 9.59 Å². The number of fused-ring (bicyclic) bond motifs is 1. The van der Waals surface area contributed by atoms with Crippen LogP contribution >= 0.6 is 0 Å². The van der Waals surface area contributed by atoms with Crippen LogP contribution in [0.1, 0.15) is 38.2 Å². The molecule has 1 aromatic carbocycles. The number of aliphatic carboxylic acids is 1. The topological polar surface area (TPSA) is 82.6 Å². The summed E-state index contributed by atoms with van der Waals surface area (Å²) < 4.78 is 5.36. The van der Waals surface area contributed by atoms with Crippen LogP contribution in [-0.4, -0.2) is 46.6 Å². The maximum absolute atomic E-state index is 11.9. The Bertz CT molecular complexity index is 782. The number of unbranched alkanes of at least 4 members (excludes halogenated alkanes) is 1. The molecule has 0 amide bonds. The van der Waals surface area contributed by atoms with Gasteiger partial charge in [-0.1, -0.05) is 13.0 Å². The summed E-state index contributed by atoms with van der Waals surface area (Å²) in [5.74, 6) is -0.682. The van der Waals surface area contributed by atoms with Gasteiger partial charge in [0.15, 0.2) is 0 Å². The van der Waals surface area contributed by atoms with E-state index in [1.54, 1.807) is 6.07 Å². The molecule has 6 heteroatoms. The Kier molecular flexibility index (Phi) is 8.07. The molecule has 0 aliphatic heterocycles. The molecule has 0 saturated heterocycles. The molecule has 27 heavy (non-hydrogen) atoms. The number of carboxylic acids is 1. The molecule has 1 aromatic heterocycles. The van der Waals surface area contributed by atoms with Gasteiger partial charge in [0.2, 0.25) is 0 Å². The quantitative estimate of drug-likeness (QED) is 0.256. The lowest BCUT2D eigenvalue weighted by atomic mass is 10.1. The van der Waals surface area contributed by atoms with Crippen LogP contribution in [0.15, 0.2) is 37.1 Å². The first kappa shape index (κ1) is 20.7. The summed E-state index contributed by atoms with van der Waals surface area (Å²) in [6, 6.07) is 5.60. The highest BCUT2D eigenvalue weighted by Crippen LogP contribution is 2.24. The number of aromatic nitrogens is 1. The van der Waals surface area contributed by atoms with E-state index in [0.717, 1.165) is 37.0 Å². The van der Waals surface area contributed by atoms with Crippen molar-refractivity contribution in [1.29, 1.82) is 0 Å². The number of rotatable bonds is 12. The number of H-pyrrole nitrogens is 1. The van der Waals surface area contributed by atoms with Crippen LogP contribution in [0.3, 0.4) is 0 Å². The Balaban J connectivity index is 1.91. The first-order valence-electron chi connectivity index (χ1n) is 9.39. The molecule has 2 aromatic rings. The molecular formula is C21H28N2O4. The van der Waals surface area contributed by atoms with Gasteiger partial charge in [-0.15, -0.1) is 6.58 Å². The van der Waals surface area contributed by atoms with Crippen LogP contribution in [0.5, 0.6) is 5.75 Å². The zero-order valence-corrected chi connectivity index (χ0v) is 15.9. The molecule has 0 fully saturated rings. The number of esters is 1. The molecule has 0 aliphatic rings. The molecule has 0 radical (unpaired) electrons. The fourth-order valence-electron chi connectivity index (χ4n) is 3.00. The number of likely N-dealkylation sites (N-methyl/N-ethyl adjacent to an activating group) is 1. The highest BCUT2D eigenvalue weighted by atomic mass is 16.5. The third-order valence-electron chi connectivity index (χ3n) is 4.52. The molecule has 146 valence electrons. The van der Waals surface area contributed by atoms with Crippen molar-refractivity contribution in [3.8, 4) is 5.75 Å². The number of carbonyl (C=O) groups is 2. The van der Waals surface area contributed by atoms with Gasteiger partial charge >= 0.3 is 11.9 Å². The molecule has 1 heterocycles. The smallest absolute Gasteiger partial charge is 0.311 e. The maximum atomic E-state index is 11.9. The summed E-state index contributed by atoms with van der Waals surface area (Å²) in [5, 5.41) is 9.73. The number of hydrogen-bond donors (Lipinski definition) is 2. The highest BCUT2D eigenvalue weighted by Gasteiger charge is 2.10. The van der Waals surface area contributed by atoms with Gasteiger partial charge in [-0.3, -0.25) is 14.5 Å². The summed E-state index contributed by atoms with van der Waals surface area (Å²) >= 11 is 0. The number of aromatic amines is 1. The minimum atomic E-state index is -0.845. The second kappa shape index (κ2) is 10.5. The van der Waals surface area contributed by atoms with Gasteiger partial charge in [-0.25, -0.2) is 0 Å². The van der Waals surface area contributed by atoms with E-state index >= 15 is 0 Å². The average molecular weight is 372 g/mol. The Morgan fingerprint density at radius 2 is 2.07 bits per heavy atom. The van der Waals surface area contributed by atoms with Crippen LogP contribution < -0.4 is 4.74 Å². The third kappa shape index (κ3) is 6.57. The van der Waals surface area contributed by atoms with Crippen LogP contribution in [-0.2, 0) is 16.0 Å². The molecule has 2 N–H and O–H groups in total. The highest BCUT2D eigenvalue weighted by molar-refractivity contribution is 5.85. The zero-order chi connectivity index (χ0) is 19.6. The van der Waals surface area contributed by atoms with Crippen molar-refractivity contribution in [1.82, 2.24) is 9.88 Å². The SMILES string of the molecule is C=CCN(CC)CCc1c[nH]c2cc(OC(=O)CCCCC(=O)O)ccc12. The Hall–Kier alpha value is -2.60. The van der Waals surface area contributed by atoms with Gasteiger partial charge in [-0.2, -0.15) is 0 Å². The predicted octanol–water partition coefficient (Wildman–Crippen LogP) is 3.77. The number of ether oxygens (including phenoxy) is 1. The standard InChI is InChI=1S/C21H28N2O4/c1-3-12-23(4-2)13-11-16-15-22-19-14-17(9-10-18(16)19)27-21(26)8-6-5-7-20(24)25/h3,9-10,14-15,22H,1,4-8,11-13H2,2H3,(H,24,25). The monoisotopic (exact) mass is 372 g/mol. The molecule has 0 atom stereocenters. The third-order valence-corrected chi connectivity index (χ3v) is 4.52. The van der Waals surface area contributed by atoms with Crippen LogP contribution in [0.2, 0.25) is 0 Å².